The highest BCUT2D eigenvalue weighted by molar-refractivity contribution is 5.93. The van der Waals surface area contributed by atoms with Gasteiger partial charge in [0.1, 0.15) is 11.5 Å². The Morgan fingerprint density at radius 1 is 1.30 bits per heavy atom. The maximum absolute atomic E-state index is 12.4. The quantitative estimate of drug-likeness (QED) is 0.725. The third kappa shape index (κ3) is 4.03. The van der Waals surface area contributed by atoms with Crippen molar-refractivity contribution in [3.05, 3.63) is 60.0 Å². The maximum atomic E-state index is 12.4. The topological polar surface area (TPSA) is 83.4 Å². The number of nitrogens with one attached hydrogen (secondary N) is 2. The number of aryl methyl sites for hydroxylation is 1. The Kier molecular flexibility index (Phi) is 4.93. The van der Waals surface area contributed by atoms with Crippen molar-refractivity contribution in [1.29, 1.82) is 0 Å². The number of benzene rings is 1. The summed E-state index contributed by atoms with van der Waals surface area (Å²) in [5.41, 5.74) is 2.18. The molecule has 1 atom stereocenters. The molecule has 2 N–H and O–H groups in total. The van der Waals surface area contributed by atoms with Crippen LogP contribution in [0, 0.1) is 6.92 Å². The van der Waals surface area contributed by atoms with Crippen molar-refractivity contribution >= 4 is 11.6 Å². The minimum atomic E-state index is -0.235. The van der Waals surface area contributed by atoms with Gasteiger partial charge in [0.2, 0.25) is 0 Å². The Bertz CT molecular complexity index is 903. The van der Waals surface area contributed by atoms with Crippen LogP contribution in [-0.2, 0) is 4.74 Å². The van der Waals surface area contributed by atoms with E-state index in [0.29, 0.717) is 30.3 Å². The standard InChI is InChI=1S/C20H22N4O3/c1-14-7-8-19(27-14)17-11-18(23-22-17)20(25)21-12-16-13-24(9-10-26-16)15-5-3-2-4-6-15/h2-8,11,16H,9-10,12-13H2,1H3,(H,21,25)(H,22,23)/t16-/m1/s1. The summed E-state index contributed by atoms with van der Waals surface area (Å²) in [6.45, 7) is 4.53. The average Bonchev–Trinajstić information content (AvgIpc) is 3.36. The van der Waals surface area contributed by atoms with Crippen molar-refractivity contribution in [2.45, 2.75) is 13.0 Å². The van der Waals surface area contributed by atoms with Crippen LogP contribution in [-0.4, -0.2) is 48.4 Å². The second-order valence-electron chi connectivity index (χ2n) is 6.56. The number of aromatic nitrogens is 2. The second-order valence-corrected chi connectivity index (χ2v) is 6.56. The van der Waals surface area contributed by atoms with Gasteiger partial charge in [-0.15, -0.1) is 0 Å². The molecule has 7 heteroatoms. The van der Waals surface area contributed by atoms with Gasteiger partial charge in [-0.05, 0) is 31.2 Å². The van der Waals surface area contributed by atoms with Crippen molar-refractivity contribution in [2.75, 3.05) is 31.1 Å². The van der Waals surface area contributed by atoms with Crippen LogP contribution in [0.4, 0.5) is 5.69 Å². The summed E-state index contributed by atoms with van der Waals surface area (Å²) in [5, 5.41) is 9.83. The summed E-state index contributed by atoms with van der Waals surface area (Å²) in [4.78, 5) is 14.7. The number of morpholine rings is 1. The number of carbonyl (C=O) groups is 1. The predicted octanol–water partition coefficient (Wildman–Crippen LogP) is 2.61. The smallest absolute Gasteiger partial charge is 0.271 e. The summed E-state index contributed by atoms with van der Waals surface area (Å²) in [6.07, 6.45) is -0.0611. The minimum absolute atomic E-state index is 0.0611. The Morgan fingerprint density at radius 3 is 2.93 bits per heavy atom. The average molecular weight is 366 g/mol. The van der Waals surface area contributed by atoms with Gasteiger partial charge in [-0.2, -0.15) is 5.10 Å². The predicted molar refractivity (Wildman–Crippen MR) is 102 cm³/mol. The Morgan fingerprint density at radius 2 is 2.15 bits per heavy atom. The molecule has 3 heterocycles. The fourth-order valence-electron chi connectivity index (χ4n) is 3.16. The lowest BCUT2D eigenvalue weighted by atomic mass is 10.2. The third-order valence-corrected chi connectivity index (χ3v) is 4.57. The van der Waals surface area contributed by atoms with Gasteiger partial charge in [-0.1, -0.05) is 18.2 Å². The van der Waals surface area contributed by atoms with Gasteiger partial charge in [0.15, 0.2) is 11.5 Å². The molecule has 0 radical (unpaired) electrons. The van der Waals surface area contributed by atoms with Gasteiger partial charge >= 0.3 is 0 Å². The number of para-hydroxylation sites is 1. The van der Waals surface area contributed by atoms with Gasteiger partial charge < -0.3 is 19.4 Å². The summed E-state index contributed by atoms with van der Waals surface area (Å²) in [6, 6.07) is 15.6. The van der Waals surface area contributed by atoms with Crippen molar-refractivity contribution < 1.29 is 13.9 Å². The van der Waals surface area contributed by atoms with E-state index in [1.165, 1.54) is 5.69 Å². The molecular formula is C20H22N4O3. The lowest BCUT2D eigenvalue weighted by Gasteiger charge is -2.34. The van der Waals surface area contributed by atoms with E-state index in [1.54, 1.807) is 6.07 Å². The van der Waals surface area contributed by atoms with Crippen molar-refractivity contribution in [3.8, 4) is 11.5 Å². The Balaban J connectivity index is 1.33. The third-order valence-electron chi connectivity index (χ3n) is 4.57. The molecule has 7 nitrogen and oxygen atoms in total. The zero-order valence-corrected chi connectivity index (χ0v) is 15.1. The van der Waals surface area contributed by atoms with Crippen molar-refractivity contribution in [3.63, 3.8) is 0 Å². The van der Waals surface area contributed by atoms with E-state index in [4.69, 9.17) is 9.15 Å². The Hall–Kier alpha value is -3.06. The first kappa shape index (κ1) is 17.4. The largest absolute Gasteiger partial charge is 0.460 e. The first-order valence-corrected chi connectivity index (χ1v) is 9.01. The van der Waals surface area contributed by atoms with Gasteiger partial charge in [0, 0.05) is 31.4 Å². The molecule has 140 valence electrons. The molecule has 1 aliphatic heterocycles. The number of carbonyl (C=O) groups excluding carboxylic acids is 1. The van der Waals surface area contributed by atoms with E-state index in [9.17, 15) is 4.79 Å². The Labute approximate surface area is 157 Å². The molecule has 0 aliphatic carbocycles. The first-order chi connectivity index (χ1) is 13.2. The van der Waals surface area contributed by atoms with E-state index in [2.05, 4.69) is 32.5 Å². The first-order valence-electron chi connectivity index (χ1n) is 9.01. The van der Waals surface area contributed by atoms with E-state index < -0.39 is 0 Å². The molecule has 1 amide bonds. The molecule has 4 rings (SSSR count). The highest BCUT2D eigenvalue weighted by atomic mass is 16.5. The maximum Gasteiger partial charge on any atom is 0.271 e. The number of aromatic amines is 1. The highest BCUT2D eigenvalue weighted by Crippen LogP contribution is 2.20. The molecule has 1 aromatic carbocycles. The number of hydrogen-bond donors (Lipinski definition) is 2. The molecule has 3 aromatic rings. The number of hydrogen-bond acceptors (Lipinski definition) is 5. The summed E-state index contributed by atoms with van der Waals surface area (Å²) >= 11 is 0. The van der Waals surface area contributed by atoms with Crippen LogP contribution in [0.3, 0.4) is 0 Å². The minimum Gasteiger partial charge on any atom is -0.460 e. The summed E-state index contributed by atoms with van der Waals surface area (Å²) in [5.74, 6) is 1.23. The highest BCUT2D eigenvalue weighted by Gasteiger charge is 2.22. The lowest BCUT2D eigenvalue weighted by molar-refractivity contribution is 0.0396. The monoisotopic (exact) mass is 366 g/mol. The van der Waals surface area contributed by atoms with Gasteiger partial charge in [0.05, 0.1) is 12.7 Å². The van der Waals surface area contributed by atoms with Crippen molar-refractivity contribution in [1.82, 2.24) is 15.5 Å². The number of rotatable bonds is 5. The molecule has 1 fully saturated rings. The fraction of sp³-hybridized carbons (Fsp3) is 0.300. The zero-order valence-electron chi connectivity index (χ0n) is 15.1. The molecule has 0 bridgehead atoms. The number of anilines is 1. The molecule has 27 heavy (non-hydrogen) atoms. The zero-order chi connectivity index (χ0) is 18.6. The van der Waals surface area contributed by atoms with E-state index >= 15 is 0 Å². The van der Waals surface area contributed by atoms with Crippen molar-refractivity contribution in [2.24, 2.45) is 0 Å². The summed E-state index contributed by atoms with van der Waals surface area (Å²) < 4.78 is 11.3. The number of ether oxygens (including phenoxy) is 1. The van der Waals surface area contributed by atoms with Gasteiger partial charge in [-0.25, -0.2) is 0 Å². The number of H-pyrrole nitrogens is 1. The normalized spacial score (nSPS) is 17.1. The summed E-state index contributed by atoms with van der Waals surface area (Å²) in [7, 11) is 0. The van der Waals surface area contributed by atoms with E-state index in [-0.39, 0.29) is 12.0 Å². The fourth-order valence-corrected chi connectivity index (χ4v) is 3.16. The lowest BCUT2D eigenvalue weighted by Crippen LogP contribution is -2.47. The van der Waals surface area contributed by atoms with Crippen LogP contribution >= 0.6 is 0 Å². The molecular weight excluding hydrogens is 344 g/mol. The molecule has 2 aromatic heterocycles. The molecule has 1 aliphatic rings. The van der Waals surface area contributed by atoms with Crippen LogP contribution in [0.1, 0.15) is 16.2 Å². The SMILES string of the molecule is Cc1ccc(-c2cc(C(=O)NC[C@@H]3CN(c4ccccc4)CCO3)n[nH]2)o1. The molecule has 0 unspecified atom stereocenters. The van der Waals surface area contributed by atoms with Gasteiger partial charge in [0.25, 0.3) is 5.91 Å². The van der Waals surface area contributed by atoms with Crippen LogP contribution in [0.25, 0.3) is 11.5 Å². The van der Waals surface area contributed by atoms with E-state index in [1.807, 2.05) is 37.3 Å². The number of furan rings is 1. The van der Waals surface area contributed by atoms with Crippen LogP contribution in [0.15, 0.2) is 52.9 Å². The van der Waals surface area contributed by atoms with Gasteiger partial charge in [-0.3, -0.25) is 9.89 Å². The molecule has 0 spiro atoms. The van der Waals surface area contributed by atoms with Crippen LogP contribution in [0.5, 0.6) is 0 Å². The molecule has 0 saturated carbocycles. The molecule has 1 saturated heterocycles. The van der Waals surface area contributed by atoms with Crippen LogP contribution in [0.2, 0.25) is 0 Å². The van der Waals surface area contributed by atoms with E-state index in [0.717, 1.165) is 18.8 Å². The number of amides is 1. The van der Waals surface area contributed by atoms with Crippen LogP contribution < -0.4 is 10.2 Å². The second kappa shape index (κ2) is 7.67. The number of nitrogens with zero attached hydrogens (tertiary/aromatic N) is 2.